The van der Waals surface area contributed by atoms with Crippen molar-refractivity contribution in [3.05, 3.63) is 0 Å². The molecule has 4 heteroatoms. The molecule has 0 radical (unpaired) electrons. The Kier molecular flexibility index (Phi) is 5.26. The summed E-state index contributed by atoms with van der Waals surface area (Å²) in [6.45, 7) is 0. The minimum absolute atomic E-state index is 0.0107. The molecule has 3 nitrogen and oxygen atoms in total. The van der Waals surface area contributed by atoms with Crippen molar-refractivity contribution >= 4 is 17.5 Å². The third kappa shape index (κ3) is 3.84. The number of alkyl halides is 1. The Morgan fingerprint density at radius 1 is 1.43 bits per heavy atom. The first-order chi connectivity index (χ1) is 6.74. The lowest BCUT2D eigenvalue weighted by Crippen LogP contribution is -2.45. The van der Waals surface area contributed by atoms with E-state index in [1.165, 1.54) is 0 Å². The van der Waals surface area contributed by atoms with Crippen LogP contribution in [0.5, 0.6) is 0 Å². The van der Waals surface area contributed by atoms with Crippen molar-refractivity contribution in [3.8, 4) is 0 Å². The molecule has 1 aliphatic carbocycles. The summed E-state index contributed by atoms with van der Waals surface area (Å²) in [5, 5.41) is 12.5. The van der Waals surface area contributed by atoms with E-state index in [1.807, 2.05) is 0 Å². The number of aliphatic hydroxyl groups is 1. The van der Waals surface area contributed by atoms with Crippen LogP contribution in [0.3, 0.4) is 0 Å². The monoisotopic (exact) mass is 219 g/mol. The molecule has 14 heavy (non-hydrogen) atoms. The standard InChI is InChI=1S/C10H18ClNO2/c11-7-3-6-10(14)12-8-4-1-2-5-9(8)13/h8-9,13H,1-7H2,(H,12,14)/t8-,9-/m0/s1. The molecule has 0 saturated heterocycles. The molecular weight excluding hydrogens is 202 g/mol. The molecule has 0 aromatic heterocycles. The lowest BCUT2D eigenvalue weighted by molar-refractivity contribution is -0.123. The van der Waals surface area contributed by atoms with Crippen LogP contribution in [0.2, 0.25) is 0 Å². The SMILES string of the molecule is O=C(CCCCl)N[C@H]1CCCC[C@@H]1O. The van der Waals surface area contributed by atoms with Crippen LogP contribution in [0.15, 0.2) is 0 Å². The largest absolute Gasteiger partial charge is 0.391 e. The van der Waals surface area contributed by atoms with E-state index < -0.39 is 0 Å². The summed E-state index contributed by atoms with van der Waals surface area (Å²) in [7, 11) is 0. The Bertz CT molecular complexity index is 187. The van der Waals surface area contributed by atoms with Crippen molar-refractivity contribution in [2.75, 3.05) is 5.88 Å². The minimum Gasteiger partial charge on any atom is -0.391 e. The van der Waals surface area contributed by atoms with Gasteiger partial charge in [-0.15, -0.1) is 11.6 Å². The second-order valence-corrected chi connectivity index (χ2v) is 4.20. The Balaban J connectivity index is 2.23. The molecule has 0 heterocycles. The van der Waals surface area contributed by atoms with Gasteiger partial charge in [0.2, 0.25) is 5.91 Å². The maximum absolute atomic E-state index is 11.3. The number of nitrogens with one attached hydrogen (secondary N) is 1. The van der Waals surface area contributed by atoms with Gasteiger partial charge < -0.3 is 10.4 Å². The van der Waals surface area contributed by atoms with Gasteiger partial charge in [0.25, 0.3) is 0 Å². The molecule has 1 fully saturated rings. The first-order valence-corrected chi connectivity index (χ1v) is 5.81. The van der Waals surface area contributed by atoms with Gasteiger partial charge in [-0.05, 0) is 19.3 Å². The maximum atomic E-state index is 11.3. The summed E-state index contributed by atoms with van der Waals surface area (Å²) >= 11 is 5.49. The van der Waals surface area contributed by atoms with Crippen LogP contribution < -0.4 is 5.32 Å². The summed E-state index contributed by atoms with van der Waals surface area (Å²) in [5.74, 6) is 0.525. The number of hydrogen-bond acceptors (Lipinski definition) is 2. The van der Waals surface area contributed by atoms with Crippen molar-refractivity contribution < 1.29 is 9.90 Å². The van der Waals surface area contributed by atoms with Crippen LogP contribution in [0.1, 0.15) is 38.5 Å². The normalized spacial score (nSPS) is 27.3. The molecule has 0 aromatic rings. The smallest absolute Gasteiger partial charge is 0.220 e. The van der Waals surface area contributed by atoms with Crippen molar-refractivity contribution in [1.82, 2.24) is 5.32 Å². The van der Waals surface area contributed by atoms with Gasteiger partial charge in [0.1, 0.15) is 0 Å². The quantitative estimate of drug-likeness (QED) is 0.703. The van der Waals surface area contributed by atoms with Crippen LogP contribution >= 0.6 is 11.6 Å². The number of carbonyl (C=O) groups is 1. The molecule has 0 unspecified atom stereocenters. The number of amides is 1. The Morgan fingerprint density at radius 3 is 2.79 bits per heavy atom. The molecule has 1 aliphatic rings. The van der Waals surface area contributed by atoms with Crippen LogP contribution in [0, 0.1) is 0 Å². The highest BCUT2D eigenvalue weighted by Crippen LogP contribution is 2.18. The number of halogens is 1. The molecule has 1 rings (SSSR count). The van der Waals surface area contributed by atoms with E-state index in [1.54, 1.807) is 0 Å². The van der Waals surface area contributed by atoms with E-state index in [0.717, 1.165) is 25.7 Å². The van der Waals surface area contributed by atoms with Crippen molar-refractivity contribution in [2.24, 2.45) is 0 Å². The fourth-order valence-electron chi connectivity index (χ4n) is 1.79. The lowest BCUT2D eigenvalue weighted by atomic mass is 9.92. The van der Waals surface area contributed by atoms with E-state index in [2.05, 4.69) is 5.32 Å². The average Bonchev–Trinajstić information content (AvgIpc) is 2.18. The Morgan fingerprint density at radius 2 is 2.14 bits per heavy atom. The van der Waals surface area contributed by atoms with Gasteiger partial charge >= 0.3 is 0 Å². The first-order valence-electron chi connectivity index (χ1n) is 5.27. The molecule has 0 aromatic carbocycles. The summed E-state index contributed by atoms with van der Waals surface area (Å²) < 4.78 is 0. The zero-order chi connectivity index (χ0) is 10.4. The van der Waals surface area contributed by atoms with E-state index in [9.17, 15) is 9.90 Å². The molecule has 0 aliphatic heterocycles. The zero-order valence-corrected chi connectivity index (χ0v) is 9.09. The van der Waals surface area contributed by atoms with Gasteiger partial charge in [0, 0.05) is 12.3 Å². The minimum atomic E-state index is -0.358. The molecular formula is C10H18ClNO2. The molecule has 2 atom stereocenters. The molecule has 1 saturated carbocycles. The van der Waals surface area contributed by atoms with Crippen molar-refractivity contribution in [2.45, 2.75) is 50.7 Å². The van der Waals surface area contributed by atoms with Gasteiger partial charge in [0.05, 0.1) is 12.1 Å². The van der Waals surface area contributed by atoms with E-state index in [4.69, 9.17) is 11.6 Å². The lowest BCUT2D eigenvalue weighted by Gasteiger charge is -2.28. The topological polar surface area (TPSA) is 49.3 Å². The van der Waals surface area contributed by atoms with Crippen LogP contribution in [-0.2, 0) is 4.79 Å². The van der Waals surface area contributed by atoms with Gasteiger partial charge in [0.15, 0.2) is 0 Å². The molecule has 0 spiro atoms. The van der Waals surface area contributed by atoms with E-state index in [-0.39, 0.29) is 18.1 Å². The number of rotatable bonds is 4. The highest BCUT2D eigenvalue weighted by atomic mass is 35.5. The van der Waals surface area contributed by atoms with Crippen LogP contribution in [0.25, 0.3) is 0 Å². The summed E-state index contributed by atoms with van der Waals surface area (Å²) in [6.07, 6.45) is 4.67. The van der Waals surface area contributed by atoms with Crippen molar-refractivity contribution in [3.63, 3.8) is 0 Å². The zero-order valence-electron chi connectivity index (χ0n) is 8.34. The average molecular weight is 220 g/mol. The highest BCUT2D eigenvalue weighted by molar-refractivity contribution is 6.17. The first kappa shape index (κ1) is 11.8. The molecule has 2 N–H and O–H groups in total. The molecule has 82 valence electrons. The summed E-state index contributed by atoms with van der Waals surface area (Å²) in [4.78, 5) is 11.3. The molecule has 1 amide bonds. The number of aliphatic hydroxyl groups excluding tert-OH is 1. The highest BCUT2D eigenvalue weighted by Gasteiger charge is 2.23. The fourth-order valence-corrected chi connectivity index (χ4v) is 1.92. The fraction of sp³-hybridized carbons (Fsp3) is 0.900. The van der Waals surface area contributed by atoms with E-state index in [0.29, 0.717) is 18.7 Å². The number of hydrogen-bond donors (Lipinski definition) is 2. The molecule has 0 bridgehead atoms. The van der Waals surface area contributed by atoms with Crippen molar-refractivity contribution in [1.29, 1.82) is 0 Å². The number of carbonyl (C=O) groups excluding carboxylic acids is 1. The summed E-state index contributed by atoms with van der Waals surface area (Å²) in [6, 6.07) is -0.0356. The summed E-state index contributed by atoms with van der Waals surface area (Å²) in [5.41, 5.74) is 0. The third-order valence-corrected chi connectivity index (χ3v) is 2.88. The second-order valence-electron chi connectivity index (χ2n) is 3.82. The van der Waals surface area contributed by atoms with Gasteiger partial charge in [-0.3, -0.25) is 4.79 Å². The Labute approximate surface area is 89.8 Å². The van der Waals surface area contributed by atoms with Gasteiger partial charge in [-0.1, -0.05) is 12.8 Å². The predicted molar refractivity (Wildman–Crippen MR) is 56.4 cm³/mol. The predicted octanol–water partition coefficient (Wildman–Crippen LogP) is 1.43. The van der Waals surface area contributed by atoms with Crippen LogP contribution in [-0.4, -0.2) is 29.0 Å². The van der Waals surface area contributed by atoms with Gasteiger partial charge in [-0.2, -0.15) is 0 Å². The van der Waals surface area contributed by atoms with E-state index >= 15 is 0 Å². The second kappa shape index (κ2) is 6.25. The van der Waals surface area contributed by atoms with Gasteiger partial charge in [-0.25, -0.2) is 0 Å². The maximum Gasteiger partial charge on any atom is 0.220 e. The Hall–Kier alpha value is -0.280. The third-order valence-electron chi connectivity index (χ3n) is 2.61. The van der Waals surface area contributed by atoms with Crippen LogP contribution in [0.4, 0.5) is 0 Å².